The molecule has 14 heavy (non-hydrogen) atoms. The van der Waals surface area contributed by atoms with Crippen molar-refractivity contribution in [3.8, 4) is 0 Å². The lowest BCUT2D eigenvalue weighted by Crippen LogP contribution is -2.34. The molecule has 1 aliphatic carbocycles. The van der Waals surface area contributed by atoms with E-state index in [4.69, 9.17) is 0 Å². The van der Waals surface area contributed by atoms with Crippen molar-refractivity contribution < 1.29 is 19.1 Å². The van der Waals surface area contributed by atoms with Crippen molar-refractivity contribution in [3.63, 3.8) is 0 Å². The average Bonchev–Trinajstić information content (AvgIpc) is 2.27. The number of esters is 2. The van der Waals surface area contributed by atoms with Crippen LogP contribution < -0.4 is 0 Å². The van der Waals surface area contributed by atoms with E-state index in [0.717, 1.165) is 25.7 Å². The van der Waals surface area contributed by atoms with Gasteiger partial charge >= 0.3 is 11.9 Å². The molecule has 1 saturated carbocycles. The first kappa shape index (κ1) is 11.0. The number of ether oxygens (including phenoxy) is 2. The summed E-state index contributed by atoms with van der Waals surface area (Å²) in [5.74, 6) is -1.19. The maximum Gasteiger partial charge on any atom is 0.309 e. The fourth-order valence-electron chi connectivity index (χ4n) is 2.00. The number of hydrogen-bond acceptors (Lipinski definition) is 4. The molecule has 0 aliphatic heterocycles. The van der Waals surface area contributed by atoms with Crippen LogP contribution >= 0.6 is 0 Å². The summed E-state index contributed by atoms with van der Waals surface area (Å²) in [6.07, 6.45) is 3.42. The molecule has 0 heterocycles. The number of hydrogen-bond donors (Lipinski definition) is 0. The molecule has 0 bridgehead atoms. The summed E-state index contributed by atoms with van der Waals surface area (Å²) in [7, 11) is 2.70. The molecule has 0 aromatic heterocycles. The minimum atomic E-state index is -0.304. The summed E-state index contributed by atoms with van der Waals surface area (Å²) in [6, 6.07) is 0. The molecule has 0 aromatic carbocycles. The zero-order valence-corrected chi connectivity index (χ0v) is 8.62. The van der Waals surface area contributed by atoms with E-state index in [2.05, 4.69) is 9.47 Å². The molecule has 80 valence electrons. The van der Waals surface area contributed by atoms with E-state index in [1.807, 2.05) is 0 Å². The summed E-state index contributed by atoms with van der Waals surface area (Å²) in [5.41, 5.74) is 0. The Bertz CT molecular complexity index is 200. The van der Waals surface area contributed by atoms with E-state index in [0.29, 0.717) is 0 Å². The lowest BCUT2D eigenvalue weighted by Gasteiger charge is -2.27. The van der Waals surface area contributed by atoms with Gasteiger partial charge in [-0.05, 0) is 12.8 Å². The van der Waals surface area contributed by atoms with Gasteiger partial charge < -0.3 is 9.47 Å². The van der Waals surface area contributed by atoms with Crippen LogP contribution in [-0.2, 0) is 19.1 Å². The van der Waals surface area contributed by atoms with Gasteiger partial charge in [-0.25, -0.2) is 0 Å². The van der Waals surface area contributed by atoms with Crippen molar-refractivity contribution in [2.45, 2.75) is 25.7 Å². The van der Waals surface area contributed by atoms with Crippen LogP contribution in [-0.4, -0.2) is 26.2 Å². The minimum absolute atomic E-state index is 0.292. The lowest BCUT2D eigenvalue weighted by molar-refractivity contribution is -0.159. The zero-order valence-electron chi connectivity index (χ0n) is 8.62. The topological polar surface area (TPSA) is 52.6 Å². The van der Waals surface area contributed by atoms with Gasteiger partial charge in [-0.2, -0.15) is 0 Å². The number of methoxy groups -OCH3 is 2. The van der Waals surface area contributed by atoms with Crippen LogP contribution in [0.4, 0.5) is 0 Å². The van der Waals surface area contributed by atoms with E-state index in [-0.39, 0.29) is 23.8 Å². The first-order valence-corrected chi connectivity index (χ1v) is 4.86. The van der Waals surface area contributed by atoms with Gasteiger partial charge in [-0.3, -0.25) is 9.59 Å². The van der Waals surface area contributed by atoms with Crippen LogP contribution in [0, 0.1) is 11.8 Å². The summed E-state index contributed by atoms with van der Waals surface area (Å²) < 4.78 is 9.34. The third kappa shape index (κ3) is 2.25. The first-order chi connectivity index (χ1) is 6.70. The molecule has 1 aliphatic rings. The summed E-state index contributed by atoms with van der Waals surface area (Å²) >= 11 is 0. The molecule has 4 heteroatoms. The SMILES string of the molecule is COC(=O)[C@H]1CCCC[C@H]1C(=O)OC. The molecule has 1 fully saturated rings. The fraction of sp³-hybridized carbons (Fsp3) is 0.800. The average molecular weight is 200 g/mol. The maximum absolute atomic E-state index is 11.4. The molecule has 4 nitrogen and oxygen atoms in total. The monoisotopic (exact) mass is 200 g/mol. The van der Waals surface area contributed by atoms with Crippen LogP contribution in [0.1, 0.15) is 25.7 Å². The maximum atomic E-state index is 11.4. The third-order valence-electron chi connectivity index (χ3n) is 2.77. The fourth-order valence-corrected chi connectivity index (χ4v) is 2.00. The molecule has 0 unspecified atom stereocenters. The number of carbonyl (C=O) groups excluding carboxylic acids is 2. The highest BCUT2D eigenvalue weighted by molar-refractivity contribution is 5.82. The Balaban J connectivity index is 2.68. The number of rotatable bonds is 2. The molecule has 1 rings (SSSR count). The Hall–Kier alpha value is -1.06. The van der Waals surface area contributed by atoms with Crippen molar-refractivity contribution in [2.75, 3.05) is 14.2 Å². The van der Waals surface area contributed by atoms with Crippen molar-refractivity contribution in [2.24, 2.45) is 11.8 Å². The lowest BCUT2D eigenvalue weighted by atomic mass is 9.79. The molecule has 0 N–H and O–H groups in total. The highest BCUT2D eigenvalue weighted by Gasteiger charge is 2.36. The van der Waals surface area contributed by atoms with E-state index in [1.165, 1.54) is 14.2 Å². The number of carbonyl (C=O) groups is 2. The molecular weight excluding hydrogens is 184 g/mol. The van der Waals surface area contributed by atoms with E-state index in [1.54, 1.807) is 0 Å². The van der Waals surface area contributed by atoms with E-state index >= 15 is 0 Å². The molecule has 0 aromatic rings. The van der Waals surface area contributed by atoms with E-state index in [9.17, 15) is 9.59 Å². The van der Waals surface area contributed by atoms with Crippen LogP contribution in [0.5, 0.6) is 0 Å². The van der Waals surface area contributed by atoms with Gasteiger partial charge in [0.05, 0.1) is 26.1 Å². The highest BCUT2D eigenvalue weighted by Crippen LogP contribution is 2.31. The molecule has 0 amide bonds. The van der Waals surface area contributed by atoms with Gasteiger partial charge in [-0.1, -0.05) is 12.8 Å². The second-order valence-electron chi connectivity index (χ2n) is 3.54. The Labute approximate surface area is 83.6 Å². The van der Waals surface area contributed by atoms with Gasteiger partial charge in [0.1, 0.15) is 0 Å². The van der Waals surface area contributed by atoms with Crippen molar-refractivity contribution in [3.05, 3.63) is 0 Å². The van der Waals surface area contributed by atoms with Crippen LogP contribution in [0.15, 0.2) is 0 Å². The summed E-state index contributed by atoms with van der Waals surface area (Å²) in [5, 5.41) is 0. The van der Waals surface area contributed by atoms with Crippen LogP contribution in [0.25, 0.3) is 0 Å². The van der Waals surface area contributed by atoms with Crippen LogP contribution in [0.3, 0.4) is 0 Å². The Morgan fingerprint density at radius 3 is 1.57 bits per heavy atom. The van der Waals surface area contributed by atoms with Crippen molar-refractivity contribution >= 4 is 11.9 Å². The van der Waals surface area contributed by atoms with Crippen molar-refractivity contribution in [1.82, 2.24) is 0 Å². The Kier molecular flexibility index (Phi) is 3.92. The summed E-state index contributed by atoms with van der Waals surface area (Å²) in [6.45, 7) is 0. The predicted octanol–water partition coefficient (Wildman–Crippen LogP) is 1.14. The molecule has 0 radical (unpaired) electrons. The molecular formula is C10H16O4. The third-order valence-corrected chi connectivity index (χ3v) is 2.77. The second kappa shape index (κ2) is 4.98. The standard InChI is InChI=1S/C10H16O4/c1-13-9(11)7-5-3-4-6-8(7)10(12)14-2/h7-8H,3-6H2,1-2H3/t7-,8+. The van der Waals surface area contributed by atoms with Gasteiger partial charge in [0.25, 0.3) is 0 Å². The molecule has 0 spiro atoms. The van der Waals surface area contributed by atoms with Gasteiger partial charge in [0.2, 0.25) is 0 Å². The highest BCUT2D eigenvalue weighted by atomic mass is 16.5. The Morgan fingerprint density at radius 2 is 1.29 bits per heavy atom. The zero-order chi connectivity index (χ0) is 10.6. The molecule has 2 atom stereocenters. The first-order valence-electron chi connectivity index (χ1n) is 4.86. The van der Waals surface area contributed by atoms with Gasteiger partial charge in [0, 0.05) is 0 Å². The Morgan fingerprint density at radius 1 is 0.929 bits per heavy atom. The smallest absolute Gasteiger partial charge is 0.309 e. The van der Waals surface area contributed by atoms with Gasteiger partial charge in [-0.15, -0.1) is 0 Å². The van der Waals surface area contributed by atoms with Crippen molar-refractivity contribution in [1.29, 1.82) is 0 Å². The quantitative estimate of drug-likeness (QED) is 0.627. The predicted molar refractivity (Wildman–Crippen MR) is 49.5 cm³/mol. The second-order valence-corrected chi connectivity index (χ2v) is 3.54. The van der Waals surface area contributed by atoms with E-state index < -0.39 is 0 Å². The van der Waals surface area contributed by atoms with Gasteiger partial charge in [0.15, 0.2) is 0 Å². The largest absolute Gasteiger partial charge is 0.469 e. The minimum Gasteiger partial charge on any atom is -0.469 e. The van der Waals surface area contributed by atoms with Crippen LogP contribution in [0.2, 0.25) is 0 Å². The normalized spacial score (nSPS) is 26.7. The molecule has 0 saturated heterocycles. The summed E-state index contributed by atoms with van der Waals surface area (Å²) in [4.78, 5) is 22.7.